The number of benzene rings is 1. The Morgan fingerprint density at radius 3 is 2.72 bits per heavy atom. The van der Waals surface area contributed by atoms with Gasteiger partial charge < -0.3 is 29.6 Å². The Labute approximate surface area is 170 Å². The third-order valence-electron chi connectivity index (χ3n) is 4.22. The Hall–Kier alpha value is -3.30. The molecule has 0 saturated heterocycles. The van der Waals surface area contributed by atoms with E-state index in [-0.39, 0.29) is 6.54 Å². The number of rotatable bonds is 5. The Morgan fingerprint density at radius 2 is 1.93 bits per heavy atom. The van der Waals surface area contributed by atoms with Gasteiger partial charge in [0.25, 0.3) is 0 Å². The maximum atomic E-state index is 12.1. The van der Waals surface area contributed by atoms with Gasteiger partial charge in [-0.05, 0) is 30.3 Å². The van der Waals surface area contributed by atoms with E-state index in [0.717, 1.165) is 5.56 Å². The molecule has 150 valence electrons. The predicted octanol–water partition coefficient (Wildman–Crippen LogP) is 2.57. The van der Waals surface area contributed by atoms with Crippen LogP contribution in [-0.2, 0) is 9.59 Å². The van der Waals surface area contributed by atoms with Gasteiger partial charge in [-0.15, -0.1) is 11.3 Å². The summed E-state index contributed by atoms with van der Waals surface area (Å²) in [6, 6.07) is 10.3. The van der Waals surface area contributed by atoms with Crippen molar-refractivity contribution >= 4 is 28.8 Å². The molecule has 3 heterocycles. The largest absolute Gasteiger partial charge is 0.486 e. The van der Waals surface area contributed by atoms with Gasteiger partial charge in [0.15, 0.2) is 11.5 Å². The molecule has 2 amide bonds. The van der Waals surface area contributed by atoms with Crippen LogP contribution in [0.15, 0.2) is 52.5 Å². The van der Waals surface area contributed by atoms with Crippen molar-refractivity contribution < 1.29 is 28.6 Å². The van der Waals surface area contributed by atoms with E-state index in [1.165, 1.54) is 11.3 Å². The van der Waals surface area contributed by atoms with Crippen molar-refractivity contribution in [2.75, 3.05) is 25.1 Å². The smallest absolute Gasteiger partial charge is 0.313 e. The normalized spacial score (nSPS) is 13.6. The molecular weight excluding hydrogens is 396 g/mol. The number of carbonyl (C=O) groups is 2. The van der Waals surface area contributed by atoms with Crippen molar-refractivity contribution in [3.8, 4) is 22.8 Å². The molecule has 0 saturated carbocycles. The van der Waals surface area contributed by atoms with Crippen molar-refractivity contribution in [2.45, 2.75) is 6.10 Å². The molecule has 8 nitrogen and oxygen atoms in total. The van der Waals surface area contributed by atoms with Crippen LogP contribution >= 0.6 is 11.3 Å². The maximum absolute atomic E-state index is 12.1. The van der Waals surface area contributed by atoms with E-state index in [1.807, 2.05) is 11.4 Å². The predicted molar refractivity (Wildman–Crippen MR) is 106 cm³/mol. The summed E-state index contributed by atoms with van der Waals surface area (Å²) < 4.78 is 16.2. The fraction of sp³-hybridized carbons (Fsp3) is 0.200. The average Bonchev–Trinajstić information content (AvgIpc) is 3.43. The molecule has 3 aromatic rings. The lowest BCUT2D eigenvalue weighted by atomic mass is 10.2. The zero-order valence-corrected chi connectivity index (χ0v) is 16.0. The van der Waals surface area contributed by atoms with Crippen molar-refractivity contribution in [1.29, 1.82) is 0 Å². The number of aliphatic hydroxyl groups is 1. The number of hydrogen-bond acceptors (Lipinski definition) is 7. The Balaban J connectivity index is 1.30. The van der Waals surface area contributed by atoms with Crippen molar-refractivity contribution in [3.63, 3.8) is 0 Å². The second-order valence-electron chi connectivity index (χ2n) is 6.25. The number of amides is 2. The van der Waals surface area contributed by atoms with Crippen LogP contribution in [-0.4, -0.2) is 36.7 Å². The topological polar surface area (TPSA) is 110 Å². The molecule has 0 radical (unpaired) electrons. The summed E-state index contributed by atoms with van der Waals surface area (Å²) in [6.07, 6.45) is 0.638. The van der Waals surface area contributed by atoms with Crippen LogP contribution in [0, 0.1) is 0 Å². The first-order valence-corrected chi connectivity index (χ1v) is 9.77. The van der Waals surface area contributed by atoms with Crippen LogP contribution in [0.5, 0.6) is 11.5 Å². The lowest BCUT2D eigenvalue weighted by Crippen LogP contribution is -2.37. The van der Waals surface area contributed by atoms with E-state index >= 15 is 0 Å². The highest BCUT2D eigenvalue weighted by atomic mass is 32.1. The molecular formula is C20H18N2O6S. The van der Waals surface area contributed by atoms with Crippen LogP contribution < -0.4 is 20.1 Å². The molecule has 0 spiro atoms. The highest BCUT2D eigenvalue weighted by Crippen LogP contribution is 2.32. The average molecular weight is 414 g/mol. The molecule has 1 aromatic carbocycles. The van der Waals surface area contributed by atoms with Gasteiger partial charge in [-0.3, -0.25) is 9.59 Å². The minimum atomic E-state index is -0.935. The van der Waals surface area contributed by atoms with Gasteiger partial charge in [-0.25, -0.2) is 0 Å². The van der Waals surface area contributed by atoms with Crippen molar-refractivity contribution in [2.24, 2.45) is 0 Å². The molecule has 1 unspecified atom stereocenters. The van der Waals surface area contributed by atoms with Crippen LogP contribution in [0.3, 0.4) is 0 Å². The van der Waals surface area contributed by atoms with Gasteiger partial charge in [0.1, 0.15) is 25.1 Å². The maximum Gasteiger partial charge on any atom is 0.313 e. The minimum absolute atomic E-state index is 0.0918. The van der Waals surface area contributed by atoms with Crippen LogP contribution in [0.25, 0.3) is 11.3 Å². The molecule has 0 fully saturated rings. The minimum Gasteiger partial charge on any atom is -0.486 e. The van der Waals surface area contributed by atoms with Gasteiger partial charge in [0.2, 0.25) is 0 Å². The fourth-order valence-electron chi connectivity index (χ4n) is 2.78. The molecule has 1 aliphatic heterocycles. The summed E-state index contributed by atoms with van der Waals surface area (Å²) in [7, 11) is 0. The van der Waals surface area contributed by atoms with Crippen molar-refractivity contribution in [3.05, 3.63) is 52.9 Å². The van der Waals surface area contributed by atoms with Crippen LogP contribution in [0.4, 0.5) is 5.69 Å². The SMILES string of the molecule is O=C(NCC(O)c1cc(-c2ccco2)cs1)C(=O)Nc1ccc2c(c1)OCCO2. The van der Waals surface area contributed by atoms with E-state index in [4.69, 9.17) is 13.9 Å². The summed E-state index contributed by atoms with van der Waals surface area (Å²) in [5, 5.41) is 17.1. The molecule has 2 aromatic heterocycles. The molecule has 4 rings (SSSR count). The second-order valence-corrected chi connectivity index (χ2v) is 7.20. The highest BCUT2D eigenvalue weighted by Gasteiger charge is 2.19. The zero-order valence-electron chi connectivity index (χ0n) is 15.2. The van der Waals surface area contributed by atoms with Crippen LogP contribution in [0.2, 0.25) is 0 Å². The van der Waals surface area contributed by atoms with Gasteiger partial charge in [-0.2, -0.15) is 0 Å². The van der Waals surface area contributed by atoms with E-state index in [2.05, 4.69) is 10.6 Å². The number of nitrogens with one attached hydrogen (secondary N) is 2. The van der Waals surface area contributed by atoms with Gasteiger partial charge >= 0.3 is 11.8 Å². The molecule has 9 heteroatoms. The number of anilines is 1. The monoisotopic (exact) mass is 414 g/mol. The van der Waals surface area contributed by atoms with Gasteiger partial charge in [0.05, 0.1) is 6.26 Å². The molecule has 1 aliphatic rings. The first-order valence-electron chi connectivity index (χ1n) is 8.89. The Morgan fingerprint density at radius 1 is 1.10 bits per heavy atom. The fourth-order valence-corrected chi connectivity index (χ4v) is 3.66. The summed E-state index contributed by atoms with van der Waals surface area (Å²) in [4.78, 5) is 24.8. The van der Waals surface area contributed by atoms with E-state index in [9.17, 15) is 14.7 Å². The molecule has 0 bridgehead atoms. The van der Waals surface area contributed by atoms with Gasteiger partial charge in [-0.1, -0.05) is 0 Å². The van der Waals surface area contributed by atoms with Gasteiger partial charge in [0, 0.05) is 34.1 Å². The standard InChI is InChI=1S/C20H18N2O6S/c23-14(18-8-12(11-29-18)15-2-1-5-26-15)10-21-19(24)20(25)22-13-3-4-16-17(9-13)28-7-6-27-16/h1-5,8-9,11,14,23H,6-7,10H2,(H,21,24)(H,22,25). The third-order valence-corrected chi connectivity index (χ3v) is 5.25. The number of aliphatic hydroxyl groups excluding tert-OH is 1. The molecule has 3 N–H and O–H groups in total. The second kappa shape index (κ2) is 8.38. The number of fused-ring (bicyclic) bond motifs is 1. The zero-order chi connectivity index (χ0) is 20.2. The van der Waals surface area contributed by atoms with Crippen LogP contribution in [0.1, 0.15) is 11.0 Å². The first kappa shape index (κ1) is 19.0. The molecule has 29 heavy (non-hydrogen) atoms. The first-order chi connectivity index (χ1) is 14.1. The summed E-state index contributed by atoms with van der Waals surface area (Å²) in [5.74, 6) is 0.113. The lowest BCUT2D eigenvalue weighted by Gasteiger charge is -2.19. The number of ether oxygens (including phenoxy) is 2. The third kappa shape index (κ3) is 4.41. The number of furan rings is 1. The van der Waals surface area contributed by atoms with Crippen molar-refractivity contribution in [1.82, 2.24) is 5.32 Å². The Bertz CT molecular complexity index is 1010. The molecule has 0 aliphatic carbocycles. The van der Waals surface area contributed by atoms with E-state index in [0.29, 0.717) is 41.0 Å². The lowest BCUT2D eigenvalue weighted by molar-refractivity contribution is -0.136. The summed E-state index contributed by atoms with van der Waals surface area (Å²) in [6.45, 7) is 0.801. The quantitative estimate of drug-likeness (QED) is 0.554. The number of thiophene rings is 1. The summed E-state index contributed by atoms with van der Waals surface area (Å²) >= 11 is 1.34. The number of carbonyl (C=O) groups excluding carboxylic acids is 2. The summed E-state index contributed by atoms with van der Waals surface area (Å²) in [5.41, 5.74) is 1.26. The Kier molecular flexibility index (Phi) is 5.50. The highest BCUT2D eigenvalue weighted by molar-refractivity contribution is 7.10. The van der Waals surface area contributed by atoms with E-state index in [1.54, 1.807) is 36.6 Å². The number of hydrogen-bond donors (Lipinski definition) is 3. The molecule has 1 atom stereocenters. The van der Waals surface area contributed by atoms with E-state index < -0.39 is 17.9 Å².